The lowest BCUT2D eigenvalue weighted by Crippen LogP contribution is -2.44. The van der Waals surface area contributed by atoms with Crippen LogP contribution in [0.5, 0.6) is 5.88 Å². The van der Waals surface area contributed by atoms with Gasteiger partial charge < -0.3 is 14.7 Å². The molecule has 1 aliphatic rings. The first kappa shape index (κ1) is 16.6. The Labute approximate surface area is 141 Å². The van der Waals surface area contributed by atoms with Crippen molar-refractivity contribution in [3.05, 3.63) is 48.2 Å². The molecule has 1 atom stereocenters. The van der Waals surface area contributed by atoms with Gasteiger partial charge >= 0.3 is 11.2 Å². The number of rotatable bonds is 4. The van der Waals surface area contributed by atoms with Crippen LogP contribution >= 0.6 is 11.6 Å². The van der Waals surface area contributed by atoms with Crippen LogP contribution < -0.4 is 4.74 Å². The standard InChI is InChI=1S/C16H13ClF2N2O3/c1-23-14-7-6-12(9-20-14)10-2-4-11(5-3-10)13-8-15(22,24-21-13)16(17,18)19/h2-7,9,22H,8H2,1H3. The van der Waals surface area contributed by atoms with Crippen molar-refractivity contribution >= 4 is 17.3 Å². The summed E-state index contributed by atoms with van der Waals surface area (Å²) in [5.41, 5.74) is 2.50. The van der Waals surface area contributed by atoms with Gasteiger partial charge in [-0.05, 0) is 28.8 Å². The minimum Gasteiger partial charge on any atom is -0.481 e. The summed E-state index contributed by atoms with van der Waals surface area (Å²) in [5.74, 6) is -2.32. The monoisotopic (exact) mass is 354 g/mol. The lowest BCUT2D eigenvalue weighted by Gasteiger charge is -2.23. The quantitative estimate of drug-likeness (QED) is 0.855. The summed E-state index contributed by atoms with van der Waals surface area (Å²) in [5, 5.41) is 9.29. The van der Waals surface area contributed by atoms with Crippen molar-refractivity contribution in [2.24, 2.45) is 5.16 Å². The Bertz CT molecular complexity index is 760. The van der Waals surface area contributed by atoms with Crippen molar-refractivity contribution < 1.29 is 23.5 Å². The fourth-order valence-electron chi connectivity index (χ4n) is 2.26. The molecule has 1 N–H and O–H groups in total. The molecular weight excluding hydrogens is 342 g/mol. The molecule has 0 radical (unpaired) electrons. The fraction of sp³-hybridized carbons (Fsp3) is 0.250. The predicted molar refractivity (Wildman–Crippen MR) is 84.2 cm³/mol. The van der Waals surface area contributed by atoms with Crippen LogP contribution in [-0.4, -0.2) is 34.1 Å². The number of methoxy groups -OCH3 is 1. The van der Waals surface area contributed by atoms with Gasteiger partial charge in [-0.2, -0.15) is 8.78 Å². The molecule has 2 heterocycles. The molecular formula is C16H13ClF2N2O3. The largest absolute Gasteiger partial charge is 0.481 e. The van der Waals surface area contributed by atoms with Gasteiger partial charge in [0, 0.05) is 17.8 Å². The SMILES string of the molecule is COc1ccc(-c2ccc(C3=NOC(O)(C(F)(F)Cl)C3)cc2)cn1. The van der Waals surface area contributed by atoms with E-state index in [1.165, 1.54) is 7.11 Å². The highest BCUT2D eigenvalue weighted by Gasteiger charge is 2.58. The molecule has 5 nitrogen and oxygen atoms in total. The Morgan fingerprint density at radius 3 is 2.29 bits per heavy atom. The van der Waals surface area contributed by atoms with Crippen molar-refractivity contribution in [2.75, 3.05) is 7.11 Å². The van der Waals surface area contributed by atoms with Crippen molar-refractivity contribution in [2.45, 2.75) is 17.6 Å². The van der Waals surface area contributed by atoms with Gasteiger partial charge in [0.1, 0.15) is 0 Å². The van der Waals surface area contributed by atoms with E-state index in [9.17, 15) is 13.9 Å². The second-order valence-corrected chi connectivity index (χ2v) is 5.73. The molecule has 1 unspecified atom stereocenters. The van der Waals surface area contributed by atoms with E-state index in [0.717, 1.165) is 11.1 Å². The molecule has 0 spiro atoms. The Morgan fingerprint density at radius 2 is 1.79 bits per heavy atom. The van der Waals surface area contributed by atoms with Crippen molar-refractivity contribution in [1.82, 2.24) is 4.98 Å². The van der Waals surface area contributed by atoms with E-state index >= 15 is 0 Å². The zero-order chi connectivity index (χ0) is 17.4. The first-order valence-electron chi connectivity index (χ1n) is 6.97. The Hall–Kier alpha value is -2.25. The molecule has 1 aromatic heterocycles. The van der Waals surface area contributed by atoms with Gasteiger partial charge in [0.15, 0.2) is 0 Å². The summed E-state index contributed by atoms with van der Waals surface area (Å²) in [4.78, 5) is 8.57. The van der Waals surface area contributed by atoms with E-state index in [1.54, 1.807) is 36.5 Å². The average molecular weight is 355 g/mol. The van der Waals surface area contributed by atoms with Crippen molar-refractivity contribution in [3.8, 4) is 17.0 Å². The van der Waals surface area contributed by atoms with Crippen LogP contribution in [0.1, 0.15) is 12.0 Å². The van der Waals surface area contributed by atoms with Gasteiger partial charge in [0.2, 0.25) is 5.88 Å². The summed E-state index contributed by atoms with van der Waals surface area (Å²) < 4.78 is 31.3. The zero-order valence-electron chi connectivity index (χ0n) is 12.5. The molecule has 0 fully saturated rings. The minimum atomic E-state index is -3.94. The molecule has 8 heteroatoms. The Kier molecular flexibility index (Phi) is 4.15. The maximum Gasteiger partial charge on any atom is 0.388 e. The van der Waals surface area contributed by atoms with Crippen molar-refractivity contribution in [3.63, 3.8) is 0 Å². The van der Waals surface area contributed by atoms with Crippen LogP contribution in [0.15, 0.2) is 47.8 Å². The second kappa shape index (κ2) is 5.99. The summed E-state index contributed by atoms with van der Waals surface area (Å²) >= 11 is 4.86. The summed E-state index contributed by atoms with van der Waals surface area (Å²) in [7, 11) is 1.53. The molecule has 2 aromatic rings. The lowest BCUT2D eigenvalue weighted by molar-refractivity contribution is -0.272. The maximum absolute atomic E-state index is 13.1. The lowest BCUT2D eigenvalue weighted by atomic mass is 10.00. The Morgan fingerprint density at radius 1 is 1.17 bits per heavy atom. The molecule has 126 valence electrons. The minimum absolute atomic E-state index is 0.192. The van der Waals surface area contributed by atoms with E-state index in [0.29, 0.717) is 11.4 Å². The van der Waals surface area contributed by atoms with Crippen molar-refractivity contribution in [1.29, 1.82) is 0 Å². The van der Waals surface area contributed by atoms with Gasteiger partial charge in [0.05, 0.1) is 19.2 Å². The van der Waals surface area contributed by atoms with Gasteiger partial charge in [0.25, 0.3) is 0 Å². The average Bonchev–Trinajstić information content (AvgIpc) is 2.99. The molecule has 0 amide bonds. The first-order valence-corrected chi connectivity index (χ1v) is 7.35. The van der Waals surface area contributed by atoms with Crippen LogP contribution in [0, 0.1) is 0 Å². The van der Waals surface area contributed by atoms with Gasteiger partial charge in [-0.25, -0.2) is 4.98 Å². The van der Waals surface area contributed by atoms with Crippen LogP contribution in [-0.2, 0) is 4.84 Å². The van der Waals surface area contributed by atoms with Crippen LogP contribution in [0.3, 0.4) is 0 Å². The number of pyridine rings is 1. The van der Waals surface area contributed by atoms with Gasteiger partial charge in [-0.15, -0.1) is 0 Å². The normalized spacial score (nSPS) is 20.5. The zero-order valence-corrected chi connectivity index (χ0v) is 13.3. The number of benzene rings is 1. The third-order valence-corrected chi connectivity index (χ3v) is 3.95. The number of hydrogen-bond donors (Lipinski definition) is 1. The molecule has 3 rings (SSSR count). The van der Waals surface area contributed by atoms with E-state index in [-0.39, 0.29) is 5.71 Å². The van der Waals surface area contributed by atoms with Gasteiger partial charge in [-0.3, -0.25) is 0 Å². The number of oxime groups is 1. The van der Waals surface area contributed by atoms with E-state index in [4.69, 9.17) is 16.3 Å². The summed E-state index contributed by atoms with van der Waals surface area (Å²) in [6, 6.07) is 10.6. The molecule has 24 heavy (non-hydrogen) atoms. The first-order chi connectivity index (χ1) is 11.3. The predicted octanol–water partition coefficient (Wildman–Crippen LogP) is 3.40. The highest BCUT2D eigenvalue weighted by atomic mass is 35.5. The van der Waals surface area contributed by atoms with Crippen LogP contribution in [0.2, 0.25) is 0 Å². The molecule has 0 saturated carbocycles. The van der Waals surface area contributed by atoms with Gasteiger partial charge in [-0.1, -0.05) is 29.4 Å². The maximum atomic E-state index is 13.1. The molecule has 0 saturated heterocycles. The third-order valence-electron chi connectivity index (χ3n) is 3.65. The number of nitrogens with zero attached hydrogens (tertiary/aromatic N) is 2. The number of ether oxygens (including phenoxy) is 1. The number of halogens is 3. The molecule has 1 aliphatic heterocycles. The van der Waals surface area contributed by atoms with E-state index < -0.39 is 17.6 Å². The van der Waals surface area contributed by atoms with Crippen LogP contribution in [0.4, 0.5) is 8.78 Å². The highest BCUT2D eigenvalue weighted by molar-refractivity contribution is 6.22. The topological polar surface area (TPSA) is 63.9 Å². The summed E-state index contributed by atoms with van der Waals surface area (Å²) in [6.45, 7) is 0. The van der Waals surface area contributed by atoms with E-state index in [1.807, 2.05) is 6.07 Å². The molecule has 0 aliphatic carbocycles. The summed E-state index contributed by atoms with van der Waals surface area (Å²) in [6.07, 6.45) is 1.16. The van der Waals surface area contributed by atoms with Crippen LogP contribution in [0.25, 0.3) is 11.1 Å². The smallest absolute Gasteiger partial charge is 0.388 e. The number of aliphatic hydroxyl groups is 1. The number of hydrogen-bond acceptors (Lipinski definition) is 5. The number of alkyl halides is 3. The molecule has 1 aromatic carbocycles. The highest BCUT2D eigenvalue weighted by Crippen LogP contribution is 2.40. The second-order valence-electron chi connectivity index (χ2n) is 5.25. The number of aromatic nitrogens is 1. The molecule has 0 bridgehead atoms. The van der Waals surface area contributed by atoms with E-state index in [2.05, 4.69) is 15.0 Å². The fourth-order valence-corrected chi connectivity index (χ4v) is 2.36. The Balaban J connectivity index is 1.78. The third kappa shape index (κ3) is 3.05.